The van der Waals surface area contributed by atoms with Crippen molar-refractivity contribution >= 4 is 16.7 Å². The van der Waals surface area contributed by atoms with Crippen LogP contribution in [-0.4, -0.2) is 10.4 Å². The Bertz CT molecular complexity index is 1180. The molecule has 0 amide bonds. The van der Waals surface area contributed by atoms with Crippen LogP contribution in [0, 0.1) is 0 Å². The largest absolute Gasteiger partial charge is 1.00 e. The van der Waals surface area contributed by atoms with Gasteiger partial charge in [0, 0.05) is 30.3 Å². The number of carbonyl (C=O) groups excluding carboxylic acids is 1. The van der Waals surface area contributed by atoms with Gasteiger partial charge in [-0.1, -0.05) is 48.5 Å². The van der Waals surface area contributed by atoms with Crippen LogP contribution in [0.3, 0.4) is 0 Å². The molecule has 5 heteroatoms. The molecule has 0 aliphatic rings. The molecule has 0 aliphatic heterocycles. The second-order valence-corrected chi connectivity index (χ2v) is 6.53. The zero-order valence-electron chi connectivity index (χ0n) is 15.4. The van der Waals surface area contributed by atoms with Crippen LogP contribution in [0.15, 0.2) is 90.0 Å². The maximum atomic E-state index is 12.7. The van der Waals surface area contributed by atoms with E-state index in [1.807, 2.05) is 77.6 Å². The summed E-state index contributed by atoms with van der Waals surface area (Å²) in [6.07, 6.45) is 3.73. The van der Waals surface area contributed by atoms with E-state index in [1.165, 1.54) is 0 Å². The number of pyridine rings is 2. The van der Waals surface area contributed by atoms with Gasteiger partial charge in [-0.05, 0) is 23.1 Å². The Morgan fingerprint density at radius 1 is 0.929 bits per heavy atom. The second-order valence-electron chi connectivity index (χ2n) is 6.53. The Kier molecular flexibility index (Phi) is 5.85. The number of halogens is 1. The minimum Gasteiger partial charge on any atom is -1.00 e. The van der Waals surface area contributed by atoms with Crippen molar-refractivity contribution < 1.29 is 26.3 Å². The number of benzene rings is 2. The molecule has 0 radical (unpaired) electrons. The van der Waals surface area contributed by atoms with Crippen molar-refractivity contribution in [2.45, 2.75) is 6.54 Å². The van der Waals surface area contributed by atoms with Gasteiger partial charge in [0.1, 0.15) is 0 Å². The van der Waals surface area contributed by atoms with Gasteiger partial charge in [-0.25, -0.2) is 0 Å². The molecule has 0 fully saturated rings. The topological polar surface area (TPSA) is 43.0 Å². The van der Waals surface area contributed by atoms with Crippen molar-refractivity contribution in [1.29, 1.82) is 0 Å². The highest BCUT2D eigenvalue weighted by molar-refractivity contribution is 5.95. The maximum Gasteiger partial charge on any atom is 0.258 e. The first-order valence-corrected chi connectivity index (χ1v) is 8.80. The molecule has 28 heavy (non-hydrogen) atoms. The lowest BCUT2D eigenvalue weighted by molar-refractivity contribution is -0.683. The van der Waals surface area contributed by atoms with Gasteiger partial charge in [0.2, 0.25) is 12.3 Å². The van der Waals surface area contributed by atoms with E-state index in [0.29, 0.717) is 11.1 Å². The first-order chi connectivity index (χ1) is 13.1. The van der Waals surface area contributed by atoms with E-state index in [1.54, 1.807) is 23.7 Å². The van der Waals surface area contributed by atoms with Crippen LogP contribution in [0.2, 0.25) is 0 Å². The van der Waals surface area contributed by atoms with E-state index in [2.05, 4.69) is 0 Å². The Hall–Kier alpha value is -3.05. The van der Waals surface area contributed by atoms with Crippen LogP contribution >= 0.6 is 0 Å². The van der Waals surface area contributed by atoms with Gasteiger partial charge in [0.05, 0.1) is 5.52 Å². The number of aromatic nitrogens is 2. The average Bonchev–Trinajstić information content (AvgIpc) is 2.71. The fourth-order valence-corrected chi connectivity index (χ4v) is 3.26. The lowest BCUT2D eigenvalue weighted by Crippen LogP contribution is -3.00. The number of fused-ring (bicyclic) bond motifs is 1. The van der Waals surface area contributed by atoms with Gasteiger partial charge in [0.15, 0.2) is 12.4 Å². The summed E-state index contributed by atoms with van der Waals surface area (Å²) in [5.74, 6) is 0.0316. The first kappa shape index (κ1) is 19.7. The Labute approximate surface area is 173 Å². The minimum absolute atomic E-state index is 0. The van der Waals surface area contributed by atoms with Gasteiger partial charge in [-0.2, -0.15) is 4.57 Å². The fourth-order valence-electron chi connectivity index (χ4n) is 3.26. The number of ketones is 1. The molecule has 4 rings (SSSR count). The molecule has 2 aromatic carbocycles. The summed E-state index contributed by atoms with van der Waals surface area (Å²) in [6.45, 7) is 0.290. The van der Waals surface area contributed by atoms with E-state index in [9.17, 15) is 9.59 Å². The van der Waals surface area contributed by atoms with Crippen molar-refractivity contribution in [3.05, 3.63) is 101 Å². The van der Waals surface area contributed by atoms with E-state index in [0.717, 1.165) is 16.5 Å². The summed E-state index contributed by atoms with van der Waals surface area (Å²) in [5, 5.41) is 1.01. The predicted molar refractivity (Wildman–Crippen MR) is 106 cm³/mol. The summed E-state index contributed by atoms with van der Waals surface area (Å²) >= 11 is 0. The quantitative estimate of drug-likeness (QED) is 0.344. The summed E-state index contributed by atoms with van der Waals surface area (Å²) in [5.41, 5.74) is 2.93. The zero-order valence-corrected chi connectivity index (χ0v) is 17.0. The van der Waals surface area contributed by atoms with Gasteiger partial charge < -0.3 is 21.5 Å². The molecule has 4 nitrogen and oxygen atoms in total. The number of carbonyl (C=O) groups is 1. The van der Waals surface area contributed by atoms with Gasteiger partial charge in [-0.3, -0.25) is 9.59 Å². The fraction of sp³-hybridized carbons (Fsp3) is 0.0870. The van der Waals surface area contributed by atoms with Crippen molar-refractivity contribution in [2.24, 2.45) is 7.05 Å². The monoisotopic (exact) mass is 434 g/mol. The minimum atomic E-state index is -0.0485. The van der Waals surface area contributed by atoms with Crippen LogP contribution < -0.4 is 27.1 Å². The van der Waals surface area contributed by atoms with Gasteiger partial charge >= 0.3 is 0 Å². The number of para-hydroxylation sites is 1. The zero-order chi connectivity index (χ0) is 18.8. The smallest absolute Gasteiger partial charge is 0.258 e. The number of nitrogens with zero attached hydrogens (tertiary/aromatic N) is 2. The van der Waals surface area contributed by atoms with Crippen molar-refractivity contribution in [1.82, 2.24) is 4.57 Å². The second kappa shape index (κ2) is 8.31. The van der Waals surface area contributed by atoms with E-state index < -0.39 is 0 Å². The Morgan fingerprint density at radius 3 is 2.32 bits per heavy atom. The van der Waals surface area contributed by atoms with Crippen LogP contribution in [-0.2, 0) is 13.6 Å². The van der Waals surface area contributed by atoms with E-state index >= 15 is 0 Å². The summed E-state index contributed by atoms with van der Waals surface area (Å²) < 4.78 is 3.51. The van der Waals surface area contributed by atoms with Crippen molar-refractivity contribution in [3.8, 4) is 11.1 Å². The molecule has 0 bridgehead atoms. The first-order valence-electron chi connectivity index (χ1n) is 8.80. The molecular weight excluding hydrogens is 416 g/mol. The Balaban J connectivity index is 0.00000225. The lowest BCUT2D eigenvalue weighted by atomic mass is 10.0. The molecule has 140 valence electrons. The number of hydrogen-bond acceptors (Lipinski definition) is 2. The Morgan fingerprint density at radius 2 is 1.61 bits per heavy atom. The summed E-state index contributed by atoms with van der Waals surface area (Å²) in [6, 6.07) is 22.7. The molecule has 0 aliphatic carbocycles. The summed E-state index contributed by atoms with van der Waals surface area (Å²) in [7, 11) is 1.78. The summed E-state index contributed by atoms with van der Waals surface area (Å²) in [4.78, 5) is 25.2. The van der Waals surface area contributed by atoms with Crippen LogP contribution in [0.1, 0.15) is 10.4 Å². The van der Waals surface area contributed by atoms with Gasteiger partial charge in [-0.15, -0.1) is 0 Å². The van der Waals surface area contributed by atoms with Gasteiger partial charge in [0.25, 0.3) is 5.56 Å². The third kappa shape index (κ3) is 3.80. The van der Waals surface area contributed by atoms with E-state index in [4.69, 9.17) is 0 Å². The lowest BCUT2D eigenvalue weighted by Gasteiger charge is -2.09. The molecule has 0 spiro atoms. The molecule has 0 saturated carbocycles. The SMILES string of the molecule is Cn1c(=O)c(-c2ccc(C(=O)C[n+]3ccccc3)cc2)cc2ccccc21.[Br-]. The number of Topliss-reactive ketones (excluding diaryl/α,β-unsaturated/α-hetero) is 1. The van der Waals surface area contributed by atoms with Crippen LogP contribution in [0.5, 0.6) is 0 Å². The standard InChI is InChI=1S/C23H19N2O2.BrH/c1-24-21-8-4-3-7-19(21)15-20(23(24)27)17-9-11-18(12-10-17)22(26)16-25-13-5-2-6-14-25;/h2-15H,16H2,1H3;1H/q+1;/p-1. The number of rotatable bonds is 4. The molecule has 0 atom stereocenters. The predicted octanol–water partition coefficient (Wildman–Crippen LogP) is 0.380. The molecule has 0 unspecified atom stereocenters. The highest BCUT2D eigenvalue weighted by Gasteiger charge is 2.13. The molecule has 0 saturated heterocycles. The normalized spacial score (nSPS) is 10.5. The molecular formula is C23H19BrN2O2. The third-order valence-corrected chi connectivity index (χ3v) is 4.75. The average molecular weight is 435 g/mol. The number of hydrogen-bond donors (Lipinski definition) is 0. The maximum absolute atomic E-state index is 12.7. The molecule has 0 N–H and O–H groups in total. The third-order valence-electron chi connectivity index (χ3n) is 4.75. The molecule has 2 aromatic heterocycles. The molecule has 2 heterocycles. The highest BCUT2D eigenvalue weighted by atomic mass is 79.9. The van der Waals surface area contributed by atoms with Crippen LogP contribution in [0.25, 0.3) is 22.0 Å². The van der Waals surface area contributed by atoms with Crippen LogP contribution in [0.4, 0.5) is 0 Å². The van der Waals surface area contributed by atoms with Crippen molar-refractivity contribution in [3.63, 3.8) is 0 Å². The van der Waals surface area contributed by atoms with E-state index in [-0.39, 0.29) is 34.9 Å². The van der Waals surface area contributed by atoms with Crippen molar-refractivity contribution in [2.75, 3.05) is 0 Å². The number of aryl methyl sites for hydroxylation is 1. The highest BCUT2D eigenvalue weighted by Crippen LogP contribution is 2.21. The molecule has 4 aromatic rings.